The molecule has 0 spiro atoms. The van der Waals surface area contributed by atoms with Crippen molar-refractivity contribution in [1.29, 1.82) is 0 Å². The molecule has 0 amide bonds. The van der Waals surface area contributed by atoms with Crippen LogP contribution in [0.4, 0.5) is 4.39 Å². The number of aryl methyl sites for hydroxylation is 1. The maximum Gasteiger partial charge on any atom is 0.126 e. The van der Waals surface area contributed by atoms with Crippen LogP contribution >= 0.6 is 0 Å². The van der Waals surface area contributed by atoms with Crippen molar-refractivity contribution in [2.45, 2.75) is 26.7 Å². The van der Waals surface area contributed by atoms with E-state index in [9.17, 15) is 4.39 Å². The van der Waals surface area contributed by atoms with Crippen LogP contribution in [0.2, 0.25) is 0 Å². The summed E-state index contributed by atoms with van der Waals surface area (Å²) in [4.78, 5) is 0. The SMILES string of the molecule is Cc1ccc(C(C)C)cc1F. The van der Waals surface area contributed by atoms with Crippen LogP contribution in [0, 0.1) is 12.7 Å². The van der Waals surface area contributed by atoms with Crippen LogP contribution in [0.25, 0.3) is 0 Å². The lowest BCUT2D eigenvalue weighted by Crippen LogP contribution is -1.90. The Labute approximate surface area is 67.1 Å². The lowest BCUT2D eigenvalue weighted by molar-refractivity contribution is 0.614. The first-order valence-electron chi connectivity index (χ1n) is 3.87. The van der Waals surface area contributed by atoms with E-state index in [1.165, 1.54) is 0 Å². The topological polar surface area (TPSA) is 0 Å². The van der Waals surface area contributed by atoms with Gasteiger partial charge < -0.3 is 0 Å². The molecule has 0 saturated heterocycles. The highest BCUT2D eigenvalue weighted by Crippen LogP contribution is 2.16. The van der Waals surface area contributed by atoms with Crippen molar-refractivity contribution >= 4 is 0 Å². The summed E-state index contributed by atoms with van der Waals surface area (Å²) in [7, 11) is 0. The molecule has 11 heavy (non-hydrogen) atoms. The van der Waals surface area contributed by atoms with Gasteiger partial charge >= 0.3 is 0 Å². The Kier molecular flexibility index (Phi) is 2.28. The summed E-state index contributed by atoms with van der Waals surface area (Å²) in [5.74, 6) is 0.307. The second kappa shape index (κ2) is 3.04. The van der Waals surface area contributed by atoms with Crippen LogP contribution in [-0.2, 0) is 0 Å². The Balaban J connectivity index is 3.05. The molecule has 0 aliphatic heterocycles. The third-order valence-electron chi connectivity index (χ3n) is 1.86. The number of benzene rings is 1. The summed E-state index contributed by atoms with van der Waals surface area (Å²) >= 11 is 0. The van der Waals surface area contributed by atoms with Crippen molar-refractivity contribution in [2.75, 3.05) is 0 Å². The quantitative estimate of drug-likeness (QED) is 0.579. The molecular formula is C10H13F. The third kappa shape index (κ3) is 1.79. The molecule has 0 N–H and O–H groups in total. The molecule has 0 saturated carbocycles. The molecule has 0 unspecified atom stereocenters. The molecule has 1 aromatic rings. The normalized spacial score (nSPS) is 10.6. The summed E-state index contributed by atoms with van der Waals surface area (Å²) in [5.41, 5.74) is 1.78. The van der Waals surface area contributed by atoms with E-state index >= 15 is 0 Å². The molecule has 0 atom stereocenters. The minimum absolute atomic E-state index is 0.101. The van der Waals surface area contributed by atoms with Gasteiger partial charge in [-0.25, -0.2) is 4.39 Å². The lowest BCUT2D eigenvalue weighted by atomic mass is 10.0. The van der Waals surface area contributed by atoms with Gasteiger partial charge in [0.05, 0.1) is 0 Å². The van der Waals surface area contributed by atoms with Crippen molar-refractivity contribution in [3.05, 3.63) is 35.1 Å². The van der Waals surface area contributed by atoms with Gasteiger partial charge in [0.2, 0.25) is 0 Å². The fraction of sp³-hybridized carbons (Fsp3) is 0.400. The Bertz CT molecular complexity index is 251. The average Bonchev–Trinajstić information content (AvgIpc) is 1.94. The van der Waals surface area contributed by atoms with E-state index in [-0.39, 0.29) is 5.82 Å². The zero-order chi connectivity index (χ0) is 8.43. The van der Waals surface area contributed by atoms with E-state index in [2.05, 4.69) is 13.8 Å². The highest BCUT2D eigenvalue weighted by atomic mass is 19.1. The number of rotatable bonds is 1. The van der Waals surface area contributed by atoms with Crippen molar-refractivity contribution in [3.8, 4) is 0 Å². The predicted octanol–water partition coefficient (Wildman–Crippen LogP) is 3.26. The molecule has 60 valence electrons. The fourth-order valence-corrected chi connectivity index (χ4v) is 0.968. The minimum Gasteiger partial charge on any atom is -0.207 e. The average molecular weight is 152 g/mol. The monoisotopic (exact) mass is 152 g/mol. The van der Waals surface area contributed by atoms with Crippen LogP contribution in [-0.4, -0.2) is 0 Å². The van der Waals surface area contributed by atoms with Crippen molar-refractivity contribution < 1.29 is 4.39 Å². The van der Waals surface area contributed by atoms with Gasteiger partial charge in [-0.15, -0.1) is 0 Å². The Morgan fingerprint density at radius 1 is 1.27 bits per heavy atom. The molecule has 1 heteroatoms. The van der Waals surface area contributed by atoms with Gasteiger partial charge in [0.15, 0.2) is 0 Å². The van der Waals surface area contributed by atoms with Gasteiger partial charge in [0.1, 0.15) is 5.82 Å². The highest BCUT2D eigenvalue weighted by molar-refractivity contribution is 5.25. The molecule has 0 heterocycles. The molecule has 1 aromatic carbocycles. The van der Waals surface area contributed by atoms with Crippen LogP contribution in [0.3, 0.4) is 0 Å². The second-order valence-corrected chi connectivity index (χ2v) is 3.16. The zero-order valence-corrected chi connectivity index (χ0v) is 7.19. The summed E-state index contributed by atoms with van der Waals surface area (Å²) < 4.78 is 12.9. The third-order valence-corrected chi connectivity index (χ3v) is 1.86. The number of hydrogen-bond acceptors (Lipinski definition) is 0. The number of hydrogen-bond donors (Lipinski definition) is 0. The summed E-state index contributed by atoms with van der Waals surface area (Å²) in [5, 5.41) is 0. The Hall–Kier alpha value is -0.850. The van der Waals surface area contributed by atoms with E-state index in [4.69, 9.17) is 0 Å². The smallest absolute Gasteiger partial charge is 0.126 e. The minimum atomic E-state index is -0.101. The number of halogens is 1. The predicted molar refractivity (Wildman–Crippen MR) is 45.2 cm³/mol. The molecule has 0 nitrogen and oxygen atoms in total. The molecular weight excluding hydrogens is 139 g/mol. The van der Waals surface area contributed by atoms with Crippen LogP contribution in [0.5, 0.6) is 0 Å². The van der Waals surface area contributed by atoms with Gasteiger partial charge in [-0.2, -0.15) is 0 Å². The first-order valence-corrected chi connectivity index (χ1v) is 3.87. The summed E-state index contributed by atoms with van der Waals surface area (Å²) in [6.45, 7) is 5.90. The van der Waals surface area contributed by atoms with Gasteiger partial charge in [0.25, 0.3) is 0 Å². The summed E-state index contributed by atoms with van der Waals surface area (Å²) in [6.07, 6.45) is 0. The second-order valence-electron chi connectivity index (χ2n) is 3.16. The van der Waals surface area contributed by atoms with E-state index in [1.807, 2.05) is 12.1 Å². The Morgan fingerprint density at radius 2 is 1.91 bits per heavy atom. The van der Waals surface area contributed by atoms with Gasteiger partial charge in [0, 0.05) is 0 Å². The van der Waals surface area contributed by atoms with E-state index in [1.54, 1.807) is 13.0 Å². The molecule has 0 radical (unpaired) electrons. The first kappa shape index (κ1) is 8.25. The first-order chi connectivity index (χ1) is 5.11. The fourth-order valence-electron chi connectivity index (χ4n) is 0.968. The molecule has 0 aliphatic carbocycles. The Morgan fingerprint density at radius 3 is 2.36 bits per heavy atom. The van der Waals surface area contributed by atoms with E-state index in [0.29, 0.717) is 5.92 Å². The maximum atomic E-state index is 12.9. The molecule has 0 bridgehead atoms. The standard InChI is InChI=1S/C10H13F/c1-7(2)9-5-4-8(3)10(11)6-9/h4-7H,1-3H3. The molecule has 1 rings (SSSR count). The zero-order valence-electron chi connectivity index (χ0n) is 7.19. The van der Waals surface area contributed by atoms with Crippen molar-refractivity contribution in [3.63, 3.8) is 0 Å². The van der Waals surface area contributed by atoms with Gasteiger partial charge in [-0.05, 0) is 30.0 Å². The van der Waals surface area contributed by atoms with Crippen LogP contribution in [0.1, 0.15) is 30.9 Å². The van der Waals surface area contributed by atoms with Crippen molar-refractivity contribution in [1.82, 2.24) is 0 Å². The maximum absolute atomic E-state index is 12.9. The van der Waals surface area contributed by atoms with Crippen LogP contribution < -0.4 is 0 Å². The highest BCUT2D eigenvalue weighted by Gasteiger charge is 2.01. The summed E-state index contributed by atoms with van der Waals surface area (Å²) in [6, 6.07) is 5.41. The van der Waals surface area contributed by atoms with Crippen molar-refractivity contribution in [2.24, 2.45) is 0 Å². The molecule has 0 aliphatic rings. The van der Waals surface area contributed by atoms with Gasteiger partial charge in [-0.1, -0.05) is 26.0 Å². The van der Waals surface area contributed by atoms with E-state index < -0.39 is 0 Å². The molecule has 0 aromatic heterocycles. The largest absolute Gasteiger partial charge is 0.207 e. The lowest BCUT2D eigenvalue weighted by Gasteiger charge is -2.05. The van der Waals surface area contributed by atoms with Gasteiger partial charge in [-0.3, -0.25) is 0 Å². The van der Waals surface area contributed by atoms with Crippen LogP contribution in [0.15, 0.2) is 18.2 Å². The van der Waals surface area contributed by atoms with E-state index in [0.717, 1.165) is 11.1 Å². The molecule has 0 fully saturated rings.